The molecule has 0 aliphatic carbocycles. The molecule has 0 radical (unpaired) electrons. The lowest BCUT2D eigenvalue weighted by atomic mass is 10.0. The Bertz CT molecular complexity index is 2020. The van der Waals surface area contributed by atoms with E-state index in [2.05, 4.69) is 0 Å². The molecule has 8 rings (SSSR count). The maximum atomic E-state index is 14.8. The first-order valence-corrected chi connectivity index (χ1v) is 18.5. The molecule has 0 atom stereocenters. The largest absolute Gasteiger partial charge is 0.309 e. The Morgan fingerprint density at radius 2 is 0.407 bits per heavy atom. The second-order valence-electron chi connectivity index (χ2n) is 13.3. The zero-order chi connectivity index (χ0) is 38.6. The maximum Gasteiger partial charge on any atom is 0.258 e. The second-order valence-corrected chi connectivity index (χ2v) is 13.3. The van der Waals surface area contributed by atoms with Gasteiger partial charge in [-0.1, -0.05) is 0 Å². The van der Waals surface area contributed by atoms with Crippen LogP contribution in [0.3, 0.4) is 0 Å². The highest BCUT2D eigenvalue weighted by Gasteiger charge is 2.32. The minimum Gasteiger partial charge on any atom is -0.309 e. The van der Waals surface area contributed by atoms with Crippen LogP contribution in [0.4, 0.5) is 34.1 Å². The van der Waals surface area contributed by atoms with Crippen LogP contribution in [-0.4, -0.2) is 74.7 Å². The molecule has 4 heterocycles. The van der Waals surface area contributed by atoms with Crippen molar-refractivity contribution in [3.8, 4) is 0 Å². The lowest BCUT2D eigenvalue weighted by Gasteiger charge is -2.28. The summed E-state index contributed by atoms with van der Waals surface area (Å²) in [6.07, 6.45) is 0. The smallest absolute Gasteiger partial charge is 0.258 e. The zero-order valence-electron chi connectivity index (χ0n) is 31.3. The number of carbonyl (C=O) groups is 6. The number of fused-ring (bicyclic) bond motifs is 6. The molecule has 4 aromatic carbocycles. The molecule has 6 amide bonds. The Labute approximate surface area is 314 Å². The van der Waals surface area contributed by atoms with Gasteiger partial charge in [0.2, 0.25) is 0 Å². The van der Waals surface area contributed by atoms with Gasteiger partial charge in [0, 0.05) is 107 Å². The molecule has 276 valence electrons. The molecule has 4 aliphatic rings. The SMILES string of the molecule is CCN1C(=O)c2cc3cc(c2)C(=O)N(CC)c2cc4cc(c2)N(CC)C(=O)c2cc(cc(c2)N(CC)C(=O)c2cc1cc(c2)N(CC)C4=O)N(CC)C3=O. The Kier molecular flexibility index (Phi) is 9.30. The minimum absolute atomic E-state index is 0.0975. The molecule has 0 saturated carbocycles. The van der Waals surface area contributed by atoms with E-state index in [0.29, 0.717) is 34.1 Å². The van der Waals surface area contributed by atoms with Crippen LogP contribution in [0.1, 0.15) is 104 Å². The molecule has 12 nitrogen and oxygen atoms in total. The average Bonchev–Trinajstić information content (AvgIpc) is 3.18. The Morgan fingerprint density at radius 3 is 0.556 bits per heavy atom. The van der Waals surface area contributed by atoms with Crippen molar-refractivity contribution in [2.45, 2.75) is 41.5 Å². The summed E-state index contributed by atoms with van der Waals surface area (Å²) in [6, 6.07) is 19.4. The monoisotopic (exact) mass is 726 g/mol. The summed E-state index contributed by atoms with van der Waals surface area (Å²) in [7, 11) is 0. The van der Waals surface area contributed by atoms with Gasteiger partial charge in [0.05, 0.1) is 0 Å². The molecule has 0 saturated heterocycles. The standard InChI is InChI=1S/C42H42N6O6/c1-7-43-31-16-28-19-34(22-31)46(10-4)41(53)29-17-32-24-36(20-29)48(12-6)42(54)30-18-33(23-35(21-30)47(11-5)40(28)52)45(9-3)39(51)27-14-25(37(43)49)13-26(15-27)38(50)44(32)8-2/h13-24H,7-12H2,1-6H3. The quantitative estimate of drug-likeness (QED) is 0.220. The highest BCUT2D eigenvalue weighted by atomic mass is 16.2. The van der Waals surface area contributed by atoms with Crippen LogP contribution >= 0.6 is 0 Å². The summed E-state index contributed by atoms with van der Waals surface area (Å²) in [6.45, 7) is 11.9. The van der Waals surface area contributed by atoms with Gasteiger partial charge in [0.1, 0.15) is 0 Å². The van der Waals surface area contributed by atoms with E-state index in [4.69, 9.17) is 0 Å². The third-order valence-electron chi connectivity index (χ3n) is 10.4. The van der Waals surface area contributed by atoms with E-state index < -0.39 is 35.4 Å². The summed E-state index contributed by atoms with van der Waals surface area (Å²) >= 11 is 0. The van der Waals surface area contributed by atoms with Crippen molar-refractivity contribution in [2.24, 2.45) is 0 Å². The number of hydrogen-bond acceptors (Lipinski definition) is 6. The van der Waals surface area contributed by atoms with Crippen molar-refractivity contribution in [1.29, 1.82) is 0 Å². The fourth-order valence-electron chi connectivity index (χ4n) is 7.68. The number of nitrogens with zero attached hydrogens (tertiary/aromatic N) is 6. The van der Waals surface area contributed by atoms with Gasteiger partial charge < -0.3 is 29.4 Å². The topological polar surface area (TPSA) is 122 Å². The molecule has 0 N–H and O–H groups in total. The van der Waals surface area contributed by atoms with E-state index >= 15 is 0 Å². The van der Waals surface area contributed by atoms with Crippen molar-refractivity contribution in [2.75, 3.05) is 68.7 Å². The third-order valence-corrected chi connectivity index (χ3v) is 10.4. The van der Waals surface area contributed by atoms with Crippen LogP contribution in [0.15, 0.2) is 72.8 Å². The molecule has 4 aromatic rings. The summed E-state index contributed by atoms with van der Waals surface area (Å²) in [5.74, 6) is -2.78. The van der Waals surface area contributed by atoms with E-state index in [1.807, 2.05) is 20.8 Å². The van der Waals surface area contributed by atoms with Gasteiger partial charge >= 0.3 is 0 Å². The van der Waals surface area contributed by atoms with E-state index in [0.717, 1.165) is 0 Å². The third kappa shape index (κ3) is 5.78. The first kappa shape index (κ1) is 36.1. The van der Waals surface area contributed by atoms with Crippen molar-refractivity contribution in [1.82, 2.24) is 0 Å². The van der Waals surface area contributed by atoms with Crippen LogP contribution in [0.25, 0.3) is 0 Å². The number of amides is 6. The Morgan fingerprint density at radius 1 is 0.259 bits per heavy atom. The molecule has 4 aliphatic heterocycles. The lowest BCUT2D eigenvalue weighted by Crippen LogP contribution is -2.35. The van der Waals surface area contributed by atoms with Crippen LogP contribution in [-0.2, 0) is 0 Å². The highest BCUT2D eigenvalue weighted by molar-refractivity contribution is 6.18. The second kappa shape index (κ2) is 13.9. The van der Waals surface area contributed by atoms with Gasteiger partial charge in [0.15, 0.2) is 0 Å². The van der Waals surface area contributed by atoms with Crippen molar-refractivity contribution >= 4 is 69.6 Å². The van der Waals surface area contributed by atoms with Gasteiger partial charge in [-0.05, 0) is 114 Å². The Hall–Kier alpha value is -6.30. The fourth-order valence-corrected chi connectivity index (χ4v) is 7.68. The zero-order valence-corrected chi connectivity index (χ0v) is 31.3. The van der Waals surface area contributed by atoms with Crippen molar-refractivity contribution < 1.29 is 28.8 Å². The first-order chi connectivity index (χ1) is 26.0. The van der Waals surface area contributed by atoms with Gasteiger partial charge in [0.25, 0.3) is 35.4 Å². The van der Waals surface area contributed by atoms with Crippen LogP contribution in [0, 0.1) is 0 Å². The highest BCUT2D eigenvalue weighted by Crippen LogP contribution is 2.36. The number of hydrogen-bond donors (Lipinski definition) is 0. The van der Waals surface area contributed by atoms with E-state index in [9.17, 15) is 28.8 Å². The molecule has 54 heavy (non-hydrogen) atoms. The number of benzene rings is 4. The number of carbonyl (C=O) groups excluding carboxylic acids is 6. The first-order valence-electron chi connectivity index (χ1n) is 18.5. The van der Waals surface area contributed by atoms with Gasteiger partial charge in [-0.25, -0.2) is 0 Å². The van der Waals surface area contributed by atoms with E-state index in [1.54, 1.807) is 75.4 Å². The van der Waals surface area contributed by atoms with Crippen LogP contribution in [0.2, 0.25) is 0 Å². The molecular formula is C42H42N6O6. The summed E-state index contributed by atoms with van der Waals surface area (Å²) < 4.78 is 0. The molecule has 12 heteroatoms. The molecule has 0 fully saturated rings. The fraction of sp³-hybridized carbons (Fsp3) is 0.286. The average molecular weight is 727 g/mol. The number of anilines is 6. The predicted molar refractivity (Wildman–Crippen MR) is 210 cm³/mol. The van der Waals surface area contributed by atoms with E-state index in [1.165, 1.54) is 47.6 Å². The molecule has 0 unspecified atom stereocenters. The summed E-state index contributed by atoms with van der Waals surface area (Å²) in [5.41, 5.74) is 3.14. The summed E-state index contributed by atoms with van der Waals surface area (Å²) in [4.78, 5) is 97.4. The maximum absolute atomic E-state index is 14.8. The molecular weight excluding hydrogens is 684 g/mol. The van der Waals surface area contributed by atoms with Crippen molar-refractivity contribution in [3.63, 3.8) is 0 Å². The molecule has 12 bridgehead atoms. The van der Waals surface area contributed by atoms with Crippen molar-refractivity contribution in [3.05, 3.63) is 106 Å². The lowest BCUT2D eigenvalue weighted by molar-refractivity contribution is 0.0972. The van der Waals surface area contributed by atoms with Crippen LogP contribution < -0.4 is 29.4 Å². The van der Waals surface area contributed by atoms with Gasteiger partial charge in [-0.3, -0.25) is 28.8 Å². The van der Waals surface area contributed by atoms with Gasteiger partial charge in [-0.2, -0.15) is 0 Å². The molecule has 0 aromatic heterocycles. The Balaban J connectivity index is 1.74. The van der Waals surface area contributed by atoms with Gasteiger partial charge in [-0.15, -0.1) is 0 Å². The normalized spacial score (nSPS) is 15.7. The minimum atomic E-state index is -0.498. The summed E-state index contributed by atoms with van der Waals surface area (Å²) in [5, 5.41) is 0. The number of rotatable bonds is 6. The molecule has 0 spiro atoms. The van der Waals surface area contributed by atoms with Crippen LogP contribution in [0.5, 0.6) is 0 Å². The van der Waals surface area contributed by atoms with E-state index in [-0.39, 0.29) is 72.6 Å². The predicted octanol–water partition coefficient (Wildman–Crippen LogP) is 6.63.